The summed E-state index contributed by atoms with van der Waals surface area (Å²) >= 11 is 0. The lowest BCUT2D eigenvalue weighted by molar-refractivity contribution is -0.186. The summed E-state index contributed by atoms with van der Waals surface area (Å²) in [5, 5.41) is 16.9. The first-order valence-corrected chi connectivity index (χ1v) is 9.87. The van der Waals surface area contributed by atoms with E-state index in [0.29, 0.717) is 17.3 Å². The van der Waals surface area contributed by atoms with E-state index in [1.807, 2.05) is 13.1 Å². The Bertz CT molecular complexity index is 944. The number of hydrogen-bond donors (Lipinski definition) is 3. The van der Waals surface area contributed by atoms with Crippen LogP contribution in [0.4, 0.5) is 8.78 Å². The fourth-order valence-corrected chi connectivity index (χ4v) is 3.73. The number of aromatic nitrogens is 1. The van der Waals surface area contributed by atoms with E-state index in [2.05, 4.69) is 22.5 Å². The third kappa shape index (κ3) is 3.84. The average Bonchev–Trinajstić information content (AvgIpc) is 3.15. The van der Waals surface area contributed by atoms with Gasteiger partial charge in [0.05, 0.1) is 24.9 Å². The van der Waals surface area contributed by atoms with Gasteiger partial charge < -0.3 is 20.5 Å². The SMILES string of the molecule is CCC1CC(NC(C)c2cc(F)c(-c3ccnc(C4(O)COC4)c3)cc2F)=CN1. The van der Waals surface area contributed by atoms with Crippen molar-refractivity contribution in [3.63, 3.8) is 0 Å². The van der Waals surface area contributed by atoms with Gasteiger partial charge in [0.2, 0.25) is 0 Å². The number of hydrogen-bond acceptors (Lipinski definition) is 5. The van der Waals surface area contributed by atoms with E-state index >= 15 is 0 Å². The molecule has 0 saturated carbocycles. The van der Waals surface area contributed by atoms with Gasteiger partial charge in [-0.05, 0) is 43.2 Å². The van der Waals surface area contributed by atoms with Gasteiger partial charge >= 0.3 is 0 Å². The van der Waals surface area contributed by atoms with Crippen molar-refractivity contribution < 1.29 is 18.6 Å². The molecule has 1 saturated heterocycles. The number of halogens is 2. The second-order valence-electron chi connectivity index (χ2n) is 7.82. The van der Waals surface area contributed by atoms with Crippen molar-refractivity contribution in [3.8, 4) is 11.1 Å². The highest BCUT2D eigenvalue weighted by molar-refractivity contribution is 5.65. The summed E-state index contributed by atoms with van der Waals surface area (Å²) in [5.41, 5.74) is 1.09. The highest BCUT2D eigenvalue weighted by atomic mass is 19.1. The predicted octanol–water partition coefficient (Wildman–Crippen LogP) is 3.51. The molecule has 0 aliphatic carbocycles. The Morgan fingerprint density at radius 2 is 2.10 bits per heavy atom. The molecule has 0 spiro atoms. The molecule has 2 unspecified atom stereocenters. The van der Waals surface area contributed by atoms with Crippen LogP contribution in [0, 0.1) is 11.6 Å². The van der Waals surface area contributed by atoms with Gasteiger partial charge in [0.1, 0.15) is 11.6 Å². The van der Waals surface area contributed by atoms with E-state index in [1.165, 1.54) is 18.3 Å². The van der Waals surface area contributed by atoms with Crippen LogP contribution in [0.2, 0.25) is 0 Å². The lowest BCUT2D eigenvalue weighted by Gasteiger charge is -2.35. The molecule has 29 heavy (non-hydrogen) atoms. The van der Waals surface area contributed by atoms with Crippen LogP contribution in [0.1, 0.15) is 44.0 Å². The van der Waals surface area contributed by atoms with Crippen LogP contribution in [0.25, 0.3) is 11.1 Å². The van der Waals surface area contributed by atoms with E-state index in [1.54, 1.807) is 12.1 Å². The van der Waals surface area contributed by atoms with Crippen molar-refractivity contribution in [1.29, 1.82) is 0 Å². The quantitative estimate of drug-likeness (QED) is 0.691. The van der Waals surface area contributed by atoms with Crippen molar-refractivity contribution in [2.45, 2.75) is 44.4 Å². The molecule has 1 aromatic heterocycles. The summed E-state index contributed by atoms with van der Waals surface area (Å²) < 4.78 is 34.8. The molecular weight excluding hydrogens is 376 g/mol. The molecule has 7 heteroatoms. The number of benzene rings is 1. The minimum Gasteiger partial charge on any atom is -0.386 e. The van der Waals surface area contributed by atoms with Crippen LogP contribution >= 0.6 is 0 Å². The van der Waals surface area contributed by atoms with Crippen LogP contribution in [-0.4, -0.2) is 29.3 Å². The Kier molecular flexibility index (Phi) is 5.27. The molecule has 0 bridgehead atoms. The third-order valence-electron chi connectivity index (χ3n) is 5.64. The summed E-state index contributed by atoms with van der Waals surface area (Å²) in [5.74, 6) is -1.00. The lowest BCUT2D eigenvalue weighted by Crippen LogP contribution is -2.47. The van der Waals surface area contributed by atoms with Gasteiger partial charge in [-0.1, -0.05) is 6.92 Å². The zero-order valence-electron chi connectivity index (χ0n) is 16.5. The van der Waals surface area contributed by atoms with Crippen LogP contribution in [0.15, 0.2) is 42.4 Å². The molecule has 3 heterocycles. The molecule has 154 valence electrons. The van der Waals surface area contributed by atoms with Gasteiger partial charge in [0.25, 0.3) is 0 Å². The maximum atomic E-state index is 14.9. The van der Waals surface area contributed by atoms with Crippen molar-refractivity contribution in [2.24, 2.45) is 0 Å². The fraction of sp³-hybridized carbons (Fsp3) is 0.409. The smallest absolute Gasteiger partial charge is 0.153 e. The first-order valence-electron chi connectivity index (χ1n) is 9.87. The molecule has 2 aromatic rings. The topological polar surface area (TPSA) is 66.4 Å². The van der Waals surface area contributed by atoms with Crippen LogP contribution in [-0.2, 0) is 10.3 Å². The predicted molar refractivity (Wildman–Crippen MR) is 106 cm³/mol. The van der Waals surface area contributed by atoms with E-state index < -0.39 is 17.2 Å². The van der Waals surface area contributed by atoms with Crippen molar-refractivity contribution in [1.82, 2.24) is 15.6 Å². The molecule has 5 nitrogen and oxygen atoms in total. The minimum atomic E-state index is -1.16. The van der Waals surface area contributed by atoms with E-state index in [-0.39, 0.29) is 30.4 Å². The average molecular weight is 401 g/mol. The maximum Gasteiger partial charge on any atom is 0.153 e. The first-order chi connectivity index (χ1) is 13.9. The highest BCUT2D eigenvalue weighted by Gasteiger charge is 2.39. The largest absolute Gasteiger partial charge is 0.386 e. The number of rotatable bonds is 6. The molecular formula is C22H25F2N3O2. The Hall–Kier alpha value is -2.51. The van der Waals surface area contributed by atoms with Gasteiger partial charge in [-0.15, -0.1) is 0 Å². The van der Waals surface area contributed by atoms with Gasteiger partial charge in [-0.3, -0.25) is 4.98 Å². The maximum absolute atomic E-state index is 14.9. The lowest BCUT2D eigenvalue weighted by atomic mass is 9.93. The number of nitrogens with one attached hydrogen (secondary N) is 2. The summed E-state index contributed by atoms with van der Waals surface area (Å²) in [6.45, 7) is 4.21. The van der Waals surface area contributed by atoms with Gasteiger partial charge in [-0.25, -0.2) is 8.78 Å². The number of nitrogens with zero attached hydrogens (tertiary/aromatic N) is 1. The van der Waals surface area contributed by atoms with Crippen molar-refractivity contribution in [3.05, 3.63) is 65.3 Å². The van der Waals surface area contributed by atoms with E-state index in [9.17, 15) is 13.9 Å². The van der Waals surface area contributed by atoms with Gasteiger partial charge in [0.15, 0.2) is 5.60 Å². The Morgan fingerprint density at radius 1 is 1.31 bits per heavy atom. The zero-order chi connectivity index (χ0) is 20.6. The number of aliphatic hydroxyl groups is 1. The summed E-state index contributed by atoms with van der Waals surface area (Å²) in [4.78, 5) is 4.16. The Morgan fingerprint density at radius 3 is 2.76 bits per heavy atom. The highest BCUT2D eigenvalue weighted by Crippen LogP contribution is 2.33. The standard InChI is InChI=1S/C22H25F2N3O2/c1-3-15-7-16(10-26-15)27-13(2)17-8-20(24)18(9-19(17)23)14-4-5-25-21(6-14)22(28)11-29-12-22/h4-6,8-10,13,15,26-28H,3,7,11-12H2,1-2H3. The summed E-state index contributed by atoms with van der Waals surface area (Å²) in [7, 11) is 0. The molecule has 3 N–H and O–H groups in total. The van der Waals surface area contributed by atoms with Crippen molar-refractivity contribution >= 4 is 0 Å². The molecule has 1 aromatic carbocycles. The van der Waals surface area contributed by atoms with Crippen molar-refractivity contribution in [2.75, 3.05) is 13.2 Å². The Labute approximate surface area is 168 Å². The molecule has 0 radical (unpaired) electrons. The Balaban J connectivity index is 1.57. The van der Waals surface area contributed by atoms with Crippen LogP contribution in [0.3, 0.4) is 0 Å². The zero-order valence-corrected chi connectivity index (χ0v) is 16.5. The summed E-state index contributed by atoms with van der Waals surface area (Å²) in [6, 6.07) is 5.64. The van der Waals surface area contributed by atoms with E-state index in [0.717, 1.165) is 18.5 Å². The van der Waals surface area contributed by atoms with Gasteiger partial charge in [0, 0.05) is 41.7 Å². The normalized spacial score (nSPS) is 21.1. The monoisotopic (exact) mass is 401 g/mol. The molecule has 2 aliphatic rings. The van der Waals surface area contributed by atoms with Gasteiger partial charge in [-0.2, -0.15) is 0 Å². The van der Waals surface area contributed by atoms with E-state index in [4.69, 9.17) is 4.74 Å². The van der Waals surface area contributed by atoms with Crippen LogP contribution < -0.4 is 10.6 Å². The second kappa shape index (κ2) is 7.72. The molecule has 2 aliphatic heterocycles. The third-order valence-corrected chi connectivity index (χ3v) is 5.64. The molecule has 1 fully saturated rings. The van der Waals surface area contributed by atoms with Crippen LogP contribution in [0.5, 0.6) is 0 Å². The minimum absolute atomic E-state index is 0.138. The summed E-state index contributed by atoms with van der Waals surface area (Å²) in [6.07, 6.45) is 5.24. The fourth-order valence-electron chi connectivity index (χ4n) is 3.73. The number of pyridine rings is 1. The molecule has 2 atom stereocenters. The second-order valence-corrected chi connectivity index (χ2v) is 7.82. The first kappa shape index (κ1) is 19.8. The molecule has 0 amide bonds. The number of ether oxygens (including phenoxy) is 1. The molecule has 4 rings (SSSR count).